The molecule has 158 valence electrons. The molecule has 2 aromatic carbocycles. The Kier molecular flexibility index (Phi) is 7.26. The van der Waals surface area contributed by atoms with Crippen LogP contribution in [0.2, 0.25) is 0 Å². The van der Waals surface area contributed by atoms with E-state index in [0.29, 0.717) is 29.0 Å². The second kappa shape index (κ2) is 9.89. The Bertz CT molecular complexity index is 1030. The molecule has 0 spiro atoms. The van der Waals surface area contributed by atoms with Crippen LogP contribution in [-0.2, 0) is 17.8 Å². The summed E-state index contributed by atoms with van der Waals surface area (Å²) in [6.45, 7) is 8.85. The fourth-order valence-electron chi connectivity index (χ4n) is 3.27. The van der Waals surface area contributed by atoms with E-state index < -0.39 is 0 Å². The Hall–Kier alpha value is -2.67. The minimum atomic E-state index is -0.337. The van der Waals surface area contributed by atoms with E-state index in [1.54, 1.807) is 18.2 Å². The first kappa shape index (κ1) is 22.0. The number of carbonyl (C=O) groups is 1. The van der Waals surface area contributed by atoms with Crippen LogP contribution in [-0.4, -0.2) is 26.4 Å². The van der Waals surface area contributed by atoms with Crippen molar-refractivity contribution in [3.05, 3.63) is 59.4 Å². The lowest BCUT2D eigenvalue weighted by Crippen LogP contribution is -2.17. The van der Waals surface area contributed by atoms with Gasteiger partial charge in [-0.1, -0.05) is 62.9 Å². The van der Waals surface area contributed by atoms with Crippen LogP contribution in [0.4, 0.5) is 10.1 Å². The number of halogens is 1. The highest BCUT2D eigenvalue weighted by atomic mass is 32.2. The van der Waals surface area contributed by atoms with Gasteiger partial charge in [0, 0.05) is 12.2 Å². The lowest BCUT2D eigenvalue weighted by molar-refractivity contribution is -0.113. The lowest BCUT2D eigenvalue weighted by atomic mass is 10.1. The number of hydrogen-bond donors (Lipinski definition) is 1. The van der Waals surface area contributed by atoms with Crippen LogP contribution in [0.25, 0.3) is 11.4 Å². The van der Waals surface area contributed by atoms with Crippen LogP contribution in [0.3, 0.4) is 0 Å². The van der Waals surface area contributed by atoms with Crippen molar-refractivity contribution < 1.29 is 9.18 Å². The average molecular weight is 427 g/mol. The Morgan fingerprint density at radius 1 is 1.17 bits per heavy atom. The number of aromatic nitrogens is 3. The zero-order valence-corrected chi connectivity index (χ0v) is 18.6. The molecular weight excluding hydrogens is 399 g/mol. The molecule has 30 heavy (non-hydrogen) atoms. The van der Waals surface area contributed by atoms with Crippen molar-refractivity contribution in [2.75, 3.05) is 11.1 Å². The highest BCUT2D eigenvalue weighted by Gasteiger charge is 2.19. The van der Waals surface area contributed by atoms with Gasteiger partial charge in [-0.15, -0.1) is 10.2 Å². The number of para-hydroxylation sites is 1. The number of benzene rings is 2. The normalized spacial score (nSPS) is 11.1. The van der Waals surface area contributed by atoms with Crippen molar-refractivity contribution in [2.45, 2.75) is 45.8 Å². The van der Waals surface area contributed by atoms with Gasteiger partial charge >= 0.3 is 0 Å². The SMILES string of the molecule is CCc1cccc(C)c1NC(=O)CSc1nnc(-c2ccccc2F)n1CC(C)C. The quantitative estimate of drug-likeness (QED) is 0.494. The summed E-state index contributed by atoms with van der Waals surface area (Å²) in [6, 6.07) is 12.5. The van der Waals surface area contributed by atoms with Gasteiger partial charge in [0.1, 0.15) is 5.82 Å². The summed E-state index contributed by atoms with van der Waals surface area (Å²) < 4.78 is 16.2. The van der Waals surface area contributed by atoms with Crippen molar-refractivity contribution in [2.24, 2.45) is 5.92 Å². The molecule has 0 fully saturated rings. The van der Waals surface area contributed by atoms with E-state index in [1.807, 2.05) is 29.7 Å². The first-order valence-corrected chi connectivity index (χ1v) is 11.1. The molecule has 0 saturated carbocycles. The third kappa shape index (κ3) is 5.08. The third-order valence-electron chi connectivity index (χ3n) is 4.72. The highest BCUT2D eigenvalue weighted by molar-refractivity contribution is 7.99. The Morgan fingerprint density at radius 2 is 1.93 bits per heavy atom. The van der Waals surface area contributed by atoms with E-state index in [4.69, 9.17) is 0 Å². The number of anilines is 1. The van der Waals surface area contributed by atoms with Crippen LogP contribution < -0.4 is 5.32 Å². The van der Waals surface area contributed by atoms with Crippen LogP contribution in [0.1, 0.15) is 31.9 Å². The van der Waals surface area contributed by atoms with Gasteiger partial charge in [0.25, 0.3) is 0 Å². The Morgan fingerprint density at radius 3 is 2.63 bits per heavy atom. The Labute approximate surface area is 181 Å². The summed E-state index contributed by atoms with van der Waals surface area (Å²) in [7, 11) is 0. The van der Waals surface area contributed by atoms with Gasteiger partial charge in [0.2, 0.25) is 5.91 Å². The molecule has 3 aromatic rings. The summed E-state index contributed by atoms with van der Waals surface area (Å²) in [5, 5.41) is 12.1. The number of amides is 1. The standard InChI is InChI=1S/C23H27FN4OS/c1-5-17-10-8-9-16(4)21(17)25-20(29)14-30-23-27-26-22(28(23)13-15(2)3)18-11-6-7-12-19(18)24/h6-12,15H,5,13-14H2,1-4H3,(H,25,29). The average Bonchev–Trinajstić information content (AvgIpc) is 3.10. The molecule has 1 aromatic heterocycles. The van der Waals surface area contributed by atoms with E-state index in [9.17, 15) is 9.18 Å². The topological polar surface area (TPSA) is 59.8 Å². The van der Waals surface area contributed by atoms with Gasteiger partial charge in [-0.25, -0.2) is 4.39 Å². The zero-order chi connectivity index (χ0) is 21.7. The largest absolute Gasteiger partial charge is 0.325 e. The predicted molar refractivity (Wildman–Crippen MR) is 120 cm³/mol. The maximum absolute atomic E-state index is 14.3. The minimum Gasteiger partial charge on any atom is -0.325 e. The summed E-state index contributed by atoms with van der Waals surface area (Å²) in [6.07, 6.45) is 0.846. The van der Waals surface area contributed by atoms with E-state index in [1.165, 1.54) is 17.8 Å². The van der Waals surface area contributed by atoms with Crippen molar-refractivity contribution >= 4 is 23.4 Å². The number of rotatable bonds is 8. The molecule has 0 atom stereocenters. The number of nitrogens with zero attached hydrogens (tertiary/aromatic N) is 3. The van der Waals surface area contributed by atoms with E-state index in [2.05, 4.69) is 36.3 Å². The number of nitrogens with one attached hydrogen (secondary N) is 1. The van der Waals surface area contributed by atoms with Gasteiger partial charge in [-0.05, 0) is 42.5 Å². The number of carbonyl (C=O) groups excluding carboxylic acids is 1. The minimum absolute atomic E-state index is 0.101. The molecule has 1 amide bonds. The monoisotopic (exact) mass is 426 g/mol. The van der Waals surface area contributed by atoms with E-state index in [-0.39, 0.29) is 17.5 Å². The Balaban J connectivity index is 1.79. The second-order valence-corrected chi connectivity index (χ2v) is 8.53. The summed E-state index contributed by atoms with van der Waals surface area (Å²) in [5.74, 6) is 0.562. The molecule has 1 N–H and O–H groups in total. The molecule has 0 saturated heterocycles. The van der Waals surface area contributed by atoms with E-state index >= 15 is 0 Å². The maximum atomic E-state index is 14.3. The number of hydrogen-bond acceptors (Lipinski definition) is 4. The fourth-order valence-corrected chi connectivity index (χ4v) is 4.02. The molecule has 0 radical (unpaired) electrons. The van der Waals surface area contributed by atoms with Crippen LogP contribution in [0.5, 0.6) is 0 Å². The van der Waals surface area contributed by atoms with Gasteiger partial charge in [0.15, 0.2) is 11.0 Å². The molecule has 3 rings (SSSR count). The lowest BCUT2D eigenvalue weighted by Gasteiger charge is -2.14. The molecule has 1 heterocycles. The van der Waals surface area contributed by atoms with Crippen molar-refractivity contribution in [3.63, 3.8) is 0 Å². The molecule has 0 bridgehead atoms. The molecule has 5 nitrogen and oxygen atoms in total. The van der Waals surface area contributed by atoms with Crippen molar-refractivity contribution in [1.82, 2.24) is 14.8 Å². The molecular formula is C23H27FN4OS. The van der Waals surface area contributed by atoms with E-state index in [0.717, 1.165) is 23.2 Å². The highest BCUT2D eigenvalue weighted by Crippen LogP contribution is 2.27. The molecule has 0 aliphatic carbocycles. The van der Waals surface area contributed by atoms with Gasteiger partial charge in [-0.2, -0.15) is 0 Å². The summed E-state index contributed by atoms with van der Waals surface area (Å²) in [5.41, 5.74) is 3.44. The van der Waals surface area contributed by atoms with Crippen molar-refractivity contribution in [1.29, 1.82) is 0 Å². The van der Waals surface area contributed by atoms with Gasteiger partial charge in [0.05, 0.1) is 11.3 Å². The maximum Gasteiger partial charge on any atom is 0.234 e. The molecule has 0 aliphatic heterocycles. The summed E-state index contributed by atoms with van der Waals surface area (Å²) >= 11 is 1.31. The second-order valence-electron chi connectivity index (χ2n) is 7.59. The molecule has 0 unspecified atom stereocenters. The number of aryl methyl sites for hydroxylation is 2. The van der Waals surface area contributed by atoms with Gasteiger partial charge in [-0.3, -0.25) is 4.79 Å². The fraction of sp³-hybridized carbons (Fsp3) is 0.348. The first-order chi connectivity index (χ1) is 14.4. The van der Waals surface area contributed by atoms with Crippen LogP contribution in [0, 0.1) is 18.7 Å². The number of thioether (sulfide) groups is 1. The van der Waals surface area contributed by atoms with Crippen molar-refractivity contribution in [3.8, 4) is 11.4 Å². The van der Waals surface area contributed by atoms with Gasteiger partial charge < -0.3 is 9.88 Å². The molecule has 7 heteroatoms. The summed E-state index contributed by atoms with van der Waals surface area (Å²) in [4.78, 5) is 12.6. The third-order valence-corrected chi connectivity index (χ3v) is 5.68. The zero-order valence-electron chi connectivity index (χ0n) is 17.8. The molecule has 0 aliphatic rings. The van der Waals surface area contributed by atoms with Crippen LogP contribution in [0.15, 0.2) is 47.6 Å². The smallest absolute Gasteiger partial charge is 0.234 e. The first-order valence-electron chi connectivity index (χ1n) is 10.1. The predicted octanol–water partition coefficient (Wildman–Crippen LogP) is 5.34. The van der Waals surface area contributed by atoms with Crippen LogP contribution >= 0.6 is 11.8 Å².